The molecule has 1 saturated heterocycles. The molecule has 1 unspecified atom stereocenters. The molecule has 0 bridgehead atoms. The largest absolute Gasteiger partial charge is 0.337 e. The molecule has 142 valence electrons. The highest BCUT2D eigenvalue weighted by Gasteiger charge is 2.18. The van der Waals surface area contributed by atoms with Crippen molar-refractivity contribution in [2.45, 2.75) is 59.9 Å². The molecule has 2 N–H and O–H groups in total. The summed E-state index contributed by atoms with van der Waals surface area (Å²) >= 11 is 0. The fraction of sp³-hybridized carbons (Fsp3) is 0.947. The Morgan fingerprint density at radius 3 is 2.33 bits per heavy atom. The highest BCUT2D eigenvalue weighted by molar-refractivity contribution is 5.73. The summed E-state index contributed by atoms with van der Waals surface area (Å²) < 4.78 is 0. The maximum Gasteiger partial charge on any atom is 0.314 e. The van der Waals surface area contributed by atoms with Gasteiger partial charge in [0, 0.05) is 25.7 Å². The Labute approximate surface area is 149 Å². The van der Waals surface area contributed by atoms with E-state index in [1.807, 2.05) is 0 Å². The zero-order valence-corrected chi connectivity index (χ0v) is 16.6. The smallest absolute Gasteiger partial charge is 0.314 e. The lowest BCUT2D eigenvalue weighted by Gasteiger charge is -2.31. The molecule has 24 heavy (non-hydrogen) atoms. The first-order chi connectivity index (χ1) is 11.5. The van der Waals surface area contributed by atoms with Gasteiger partial charge in [-0.25, -0.2) is 4.79 Å². The van der Waals surface area contributed by atoms with Gasteiger partial charge in [0.1, 0.15) is 0 Å². The van der Waals surface area contributed by atoms with Crippen molar-refractivity contribution in [3.8, 4) is 0 Å². The molecule has 0 aromatic rings. The molecule has 2 amide bonds. The van der Waals surface area contributed by atoms with Gasteiger partial charge < -0.3 is 15.5 Å². The summed E-state index contributed by atoms with van der Waals surface area (Å²) in [5.74, 6) is 1.50. The molecule has 0 saturated carbocycles. The minimum Gasteiger partial charge on any atom is -0.337 e. The van der Waals surface area contributed by atoms with Crippen LogP contribution in [0.5, 0.6) is 0 Å². The summed E-state index contributed by atoms with van der Waals surface area (Å²) in [5, 5.41) is 6.09. The second kappa shape index (κ2) is 11.7. The number of nitrogens with zero attached hydrogens (tertiary/aromatic N) is 2. The first-order valence-corrected chi connectivity index (χ1v) is 9.94. The van der Waals surface area contributed by atoms with E-state index in [0.717, 1.165) is 45.1 Å². The molecular formula is C19H40N4O. The number of amides is 2. The van der Waals surface area contributed by atoms with Crippen LogP contribution in [0.15, 0.2) is 0 Å². The minimum absolute atomic E-state index is 0.0266. The number of carbonyl (C=O) groups excluding carboxylic acids is 1. The van der Waals surface area contributed by atoms with Crippen molar-refractivity contribution in [3.05, 3.63) is 0 Å². The Hall–Kier alpha value is -0.810. The predicted octanol–water partition coefficient (Wildman–Crippen LogP) is 2.77. The van der Waals surface area contributed by atoms with E-state index < -0.39 is 0 Å². The molecule has 0 aromatic carbocycles. The summed E-state index contributed by atoms with van der Waals surface area (Å²) in [4.78, 5) is 17.0. The van der Waals surface area contributed by atoms with Crippen LogP contribution < -0.4 is 10.6 Å². The van der Waals surface area contributed by atoms with E-state index in [9.17, 15) is 4.79 Å². The molecule has 1 rings (SSSR count). The normalized spacial score (nSPS) is 18.1. The lowest BCUT2D eigenvalue weighted by atomic mass is 9.99. The third kappa shape index (κ3) is 8.34. The zero-order chi connectivity index (χ0) is 17.9. The number of nitrogens with one attached hydrogen (secondary N) is 2. The Bertz CT molecular complexity index is 336. The van der Waals surface area contributed by atoms with Crippen LogP contribution in [0.4, 0.5) is 4.79 Å². The first kappa shape index (κ1) is 21.2. The average Bonchev–Trinajstić information content (AvgIpc) is 2.55. The molecule has 1 atom stereocenters. The van der Waals surface area contributed by atoms with E-state index in [1.165, 1.54) is 25.9 Å². The fourth-order valence-corrected chi connectivity index (χ4v) is 3.53. The van der Waals surface area contributed by atoms with Crippen LogP contribution in [0, 0.1) is 11.8 Å². The van der Waals surface area contributed by atoms with Gasteiger partial charge >= 0.3 is 6.03 Å². The SMILES string of the molecule is CCN(CC)C(CNC(=O)NCCN1CCC(C)CC1)CC(C)C. The predicted molar refractivity (Wildman–Crippen MR) is 102 cm³/mol. The molecular weight excluding hydrogens is 300 g/mol. The Kier molecular flexibility index (Phi) is 10.3. The number of piperidine rings is 1. The van der Waals surface area contributed by atoms with Crippen molar-refractivity contribution < 1.29 is 4.79 Å². The van der Waals surface area contributed by atoms with Crippen LogP contribution >= 0.6 is 0 Å². The van der Waals surface area contributed by atoms with Gasteiger partial charge in [0.2, 0.25) is 0 Å². The third-order valence-corrected chi connectivity index (χ3v) is 5.16. The monoisotopic (exact) mass is 340 g/mol. The van der Waals surface area contributed by atoms with Crippen molar-refractivity contribution >= 4 is 6.03 Å². The standard InChI is InChI=1S/C19H40N4O/c1-6-23(7-2)18(14-16(3)4)15-21-19(24)20-10-13-22-11-8-17(5)9-12-22/h16-18H,6-15H2,1-5H3,(H2,20,21,24). The topological polar surface area (TPSA) is 47.6 Å². The quantitative estimate of drug-likeness (QED) is 0.643. The number of likely N-dealkylation sites (N-methyl/N-ethyl adjacent to an activating group) is 1. The highest BCUT2D eigenvalue weighted by Crippen LogP contribution is 2.15. The summed E-state index contributed by atoms with van der Waals surface area (Å²) in [5.41, 5.74) is 0. The third-order valence-electron chi connectivity index (χ3n) is 5.16. The summed E-state index contributed by atoms with van der Waals surface area (Å²) in [6.45, 7) is 18.0. The van der Waals surface area contributed by atoms with Crippen molar-refractivity contribution in [1.29, 1.82) is 0 Å². The van der Waals surface area contributed by atoms with Crippen LogP contribution in [0.1, 0.15) is 53.9 Å². The number of carbonyl (C=O) groups is 1. The van der Waals surface area contributed by atoms with Gasteiger partial charge in [-0.3, -0.25) is 4.90 Å². The van der Waals surface area contributed by atoms with Crippen LogP contribution in [0.3, 0.4) is 0 Å². The molecule has 0 aliphatic carbocycles. The minimum atomic E-state index is -0.0266. The number of likely N-dealkylation sites (tertiary alicyclic amines) is 1. The number of hydrogen-bond donors (Lipinski definition) is 2. The van der Waals surface area contributed by atoms with E-state index in [2.05, 4.69) is 55.1 Å². The second-order valence-electron chi connectivity index (χ2n) is 7.67. The summed E-state index contributed by atoms with van der Waals surface area (Å²) in [6.07, 6.45) is 3.69. The maximum atomic E-state index is 12.1. The summed E-state index contributed by atoms with van der Waals surface area (Å²) in [6, 6.07) is 0.399. The molecule has 1 aliphatic rings. The molecule has 1 fully saturated rings. The summed E-state index contributed by atoms with van der Waals surface area (Å²) in [7, 11) is 0. The van der Waals surface area contributed by atoms with E-state index in [0.29, 0.717) is 12.0 Å². The fourth-order valence-electron chi connectivity index (χ4n) is 3.53. The van der Waals surface area contributed by atoms with Gasteiger partial charge in [0.05, 0.1) is 0 Å². The van der Waals surface area contributed by atoms with Crippen molar-refractivity contribution in [2.75, 3.05) is 45.8 Å². The first-order valence-electron chi connectivity index (χ1n) is 9.94. The van der Waals surface area contributed by atoms with Gasteiger partial charge in [-0.15, -0.1) is 0 Å². The maximum absolute atomic E-state index is 12.1. The van der Waals surface area contributed by atoms with Gasteiger partial charge in [-0.05, 0) is 57.3 Å². The molecule has 0 spiro atoms. The average molecular weight is 341 g/mol. The molecule has 5 heteroatoms. The number of rotatable bonds is 10. The second-order valence-corrected chi connectivity index (χ2v) is 7.67. The van der Waals surface area contributed by atoms with Crippen molar-refractivity contribution in [1.82, 2.24) is 20.4 Å². The molecule has 1 aliphatic heterocycles. The molecule has 5 nitrogen and oxygen atoms in total. The highest BCUT2D eigenvalue weighted by atomic mass is 16.2. The van der Waals surface area contributed by atoms with Gasteiger partial charge in [0.25, 0.3) is 0 Å². The van der Waals surface area contributed by atoms with Crippen LogP contribution in [0.25, 0.3) is 0 Å². The number of hydrogen-bond acceptors (Lipinski definition) is 3. The van der Waals surface area contributed by atoms with Crippen LogP contribution in [-0.2, 0) is 0 Å². The molecule has 0 radical (unpaired) electrons. The van der Waals surface area contributed by atoms with E-state index in [-0.39, 0.29) is 6.03 Å². The van der Waals surface area contributed by atoms with E-state index >= 15 is 0 Å². The Morgan fingerprint density at radius 1 is 1.17 bits per heavy atom. The van der Waals surface area contributed by atoms with Crippen LogP contribution in [0.2, 0.25) is 0 Å². The van der Waals surface area contributed by atoms with Crippen LogP contribution in [-0.4, -0.2) is 67.7 Å². The molecule has 1 heterocycles. The van der Waals surface area contributed by atoms with Gasteiger partial charge in [-0.1, -0.05) is 34.6 Å². The Balaban J connectivity index is 2.24. The van der Waals surface area contributed by atoms with E-state index in [4.69, 9.17) is 0 Å². The lowest BCUT2D eigenvalue weighted by Crippen LogP contribution is -2.48. The zero-order valence-electron chi connectivity index (χ0n) is 16.6. The van der Waals surface area contributed by atoms with Gasteiger partial charge in [0.15, 0.2) is 0 Å². The lowest BCUT2D eigenvalue weighted by molar-refractivity contribution is 0.181. The molecule has 0 aromatic heterocycles. The van der Waals surface area contributed by atoms with E-state index in [1.54, 1.807) is 0 Å². The van der Waals surface area contributed by atoms with Crippen molar-refractivity contribution in [2.24, 2.45) is 11.8 Å². The van der Waals surface area contributed by atoms with Gasteiger partial charge in [-0.2, -0.15) is 0 Å². The van der Waals surface area contributed by atoms with Crippen molar-refractivity contribution in [3.63, 3.8) is 0 Å². The number of urea groups is 1. The Morgan fingerprint density at radius 2 is 1.79 bits per heavy atom.